The number of hydrogen-bond acceptors (Lipinski definition) is 2. The van der Waals surface area contributed by atoms with Gasteiger partial charge >= 0.3 is 0 Å². The first-order valence-electron chi connectivity index (χ1n) is 5.10. The summed E-state index contributed by atoms with van der Waals surface area (Å²) in [6, 6.07) is 2.54. The monoisotopic (exact) mass is 290 g/mol. The first-order valence-corrected chi connectivity index (χ1v) is 6.34. The molecule has 0 amide bonds. The number of nitrogens with one attached hydrogen (secondary N) is 1. The van der Waals surface area contributed by atoms with Crippen molar-refractivity contribution in [3.8, 4) is 6.07 Å². The third-order valence-corrected chi connectivity index (χ3v) is 4.80. The first kappa shape index (κ1) is 9.72. The van der Waals surface area contributed by atoms with Crippen molar-refractivity contribution < 1.29 is 0 Å². The maximum atomic E-state index is 9.00. The maximum absolute atomic E-state index is 9.00. The molecule has 1 N–H and O–H groups in total. The molecule has 2 nitrogen and oxygen atoms in total. The Kier molecular flexibility index (Phi) is 3.10. The molecule has 1 aliphatic heterocycles. The van der Waals surface area contributed by atoms with Gasteiger partial charge in [-0.1, -0.05) is 35.4 Å². The van der Waals surface area contributed by atoms with Gasteiger partial charge in [-0.05, 0) is 24.7 Å². The van der Waals surface area contributed by atoms with Crippen molar-refractivity contribution >= 4 is 22.6 Å². The standard InChI is InChI=1S/C10H15IN2/c11-9-6-13-10(5-12)8-4-2-1-3-7(8)9/h7-10,13H,1-4,6H2. The van der Waals surface area contributed by atoms with Crippen molar-refractivity contribution in [2.75, 3.05) is 6.54 Å². The van der Waals surface area contributed by atoms with Crippen LogP contribution in [0.1, 0.15) is 25.7 Å². The Morgan fingerprint density at radius 3 is 2.62 bits per heavy atom. The van der Waals surface area contributed by atoms with E-state index >= 15 is 0 Å². The lowest BCUT2D eigenvalue weighted by atomic mass is 9.72. The molecule has 0 aromatic heterocycles. The number of fused-ring (bicyclic) bond motifs is 1. The second-order valence-corrected chi connectivity index (χ2v) is 5.74. The highest BCUT2D eigenvalue weighted by Gasteiger charge is 2.39. The Bertz CT molecular complexity index is 223. The highest BCUT2D eigenvalue weighted by molar-refractivity contribution is 14.1. The SMILES string of the molecule is N#CC1NCC(I)C2CCCCC12. The van der Waals surface area contributed by atoms with Gasteiger partial charge in [0.2, 0.25) is 0 Å². The summed E-state index contributed by atoms with van der Waals surface area (Å²) in [6.07, 6.45) is 5.30. The molecule has 13 heavy (non-hydrogen) atoms. The molecule has 3 heteroatoms. The van der Waals surface area contributed by atoms with Crippen LogP contribution in [-0.2, 0) is 0 Å². The molecule has 1 saturated heterocycles. The van der Waals surface area contributed by atoms with E-state index in [1.54, 1.807) is 0 Å². The molecule has 4 atom stereocenters. The van der Waals surface area contributed by atoms with Crippen LogP contribution in [0.5, 0.6) is 0 Å². The van der Waals surface area contributed by atoms with E-state index in [9.17, 15) is 0 Å². The second-order valence-electron chi connectivity index (χ2n) is 4.14. The quantitative estimate of drug-likeness (QED) is 0.548. The molecule has 1 heterocycles. The first-order chi connectivity index (χ1) is 6.33. The lowest BCUT2D eigenvalue weighted by molar-refractivity contribution is 0.170. The topological polar surface area (TPSA) is 35.8 Å². The second kappa shape index (κ2) is 4.14. The molecule has 1 aliphatic carbocycles. The van der Waals surface area contributed by atoms with Gasteiger partial charge in [0.1, 0.15) is 0 Å². The summed E-state index contributed by atoms with van der Waals surface area (Å²) >= 11 is 2.55. The van der Waals surface area contributed by atoms with Crippen LogP contribution in [0.4, 0.5) is 0 Å². The number of halogens is 1. The molecule has 2 fully saturated rings. The van der Waals surface area contributed by atoms with E-state index in [1.165, 1.54) is 25.7 Å². The van der Waals surface area contributed by atoms with Crippen molar-refractivity contribution in [1.29, 1.82) is 5.26 Å². The average molecular weight is 290 g/mol. The third-order valence-electron chi connectivity index (χ3n) is 3.44. The third kappa shape index (κ3) is 1.84. The van der Waals surface area contributed by atoms with Crippen LogP contribution in [0, 0.1) is 23.2 Å². The molecule has 2 rings (SSSR count). The Morgan fingerprint density at radius 1 is 1.23 bits per heavy atom. The van der Waals surface area contributed by atoms with Gasteiger partial charge in [-0.25, -0.2) is 0 Å². The maximum Gasteiger partial charge on any atom is 0.0984 e. The van der Waals surface area contributed by atoms with Crippen LogP contribution in [0.2, 0.25) is 0 Å². The molecule has 0 bridgehead atoms. The predicted octanol–water partition coefficient (Wildman–Crippen LogP) is 2.09. The van der Waals surface area contributed by atoms with Crippen molar-refractivity contribution in [3.63, 3.8) is 0 Å². The predicted molar refractivity (Wildman–Crippen MR) is 60.7 cm³/mol. The van der Waals surface area contributed by atoms with Crippen LogP contribution in [0.3, 0.4) is 0 Å². The summed E-state index contributed by atoms with van der Waals surface area (Å²) in [5.74, 6) is 1.44. The fourth-order valence-corrected chi connectivity index (χ4v) is 3.88. The van der Waals surface area contributed by atoms with Gasteiger partial charge in [-0.2, -0.15) is 5.26 Å². The number of nitriles is 1. The lowest BCUT2D eigenvalue weighted by Gasteiger charge is -2.42. The molecule has 0 spiro atoms. The molecule has 0 radical (unpaired) electrons. The molecular formula is C10H15IN2. The van der Waals surface area contributed by atoms with E-state index < -0.39 is 0 Å². The molecule has 0 aromatic rings. The van der Waals surface area contributed by atoms with Crippen LogP contribution >= 0.6 is 22.6 Å². The Balaban J connectivity index is 2.10. The Hall–Kier alpha value is 0.180. The molecule has 72 valence electrons. The molecule has 4 unspecified atom stereocenters. The number of nitrogens with zero attached hydrogens (tertiary/aromatic N) is 1. The molecular weight excluding hydrogens is 275 g/mol. The Morgan fingerprint density at radius 2 is 1.92 bits per heavy atom. The minimum atomic E-state index is 0.135. The van der Waals surface area contributed by atoms with Crippen molar-refractivity contribution in [2.45, 2.75) is 35.6 Å². The number of piperidine rings is 1. The van der Waals surface area contributed by atoms with E-state index in [0.717, 1.165) is 16.4 Å². The van der Waals surface area contributed by atoms with Gasteiger partial charge in [0.05, 0.1) is 12.1 Å². The van der Waals surface area contributed by atoms with Gasteiger partial charge in [0, 0.05) is 10.5 Å². The fraction of sp³-hybridized carbons (Fsp3) is 0.900. The summed E-state index contributed by atoms with van der Waals surface area (Å²) in [5.41, 5.74) is 0. The zero-order valence-electron chi connectivity index (χ0n) is 7.67. The van der Waals surface area contributed by atoms with Gasteiger partial charge in [-0.3, -0.25) is 0 Å². The average Bonchev–Trinajstić information content (AvgIpc) is 2.19. The van der Waals surface area contributed by atoms with Gasteiger partial charge < -0.3 is 5.32 Å². The summed E-state index contributed by atoms with van der Waals surface area (Å²) in [6.45, 7) is 1.03. The molecule has 1 saturated carbocycles. The summed E-state index contributed by atoms with van der Waals surface area (Å²) in [4.78, 5) is 0. The molecule has 2 aliphatic rings. The van der Waals surface area contributed by atoms with E-state index in [0.29, 0.717) is 5.92 Å². The van der Waals surface area contributed by atoms with E-state index in [-0.39, 0.29) is 6.04 Å². The number of rotatable bonds is 0. The van der Waals surface area contributed by atoms with Crippen molar-refractivity contribution in [1.82, 2.24) is 5.32 Å². The van der Waals surface area contributed by atoms with Crippen molar-refractivity contribution in [2.24, 2.45) is 11.8 Å². The van der Waals surface area contributed by atoms with Gasteiger partial charge in [0.25, 0.3) is 0 Å². The normalized spacial score (nSPS) is 44.9. The fourth-order valence-electron chi connectivity index (χ4n) is 2.73. The van der Waals surface area contributed by atoms with Crippen molar-refractivity contribution in [3.05, 3.63) is 0 Å². The van der Waals surface area contributed by atoms with Crippen LogP contribution < -0.4 is 5.32 Å². The summed E-state index contributed by atoms with van der Waals surface area (Å²) in [5, 5.41) is 12.4. The Labute approximate surface area is 93.2 Å². The van der Waals surface area contributed by atoms with Gasteiger partial charge in [-0.15, -0.1) is 0 Å². The minimum Gasteiger partial charge on any atom is -0.301 e. The van der Waals surface area contributed by atoms with Crippen LogP contribution in [0.25, 0.3) is 0 Å². The van der Waals surface area contributed by atoms with E-state index in [2.05, 4.69) is 34.0 Å². The zero-order valence-corrected chi connectivity index (χ0v) is 9.83. The van der Waals surface area contributed by atoms with Crippen LogP contribution in [0.15, 0.2) is 0 Å². The zero-order chi connectivity index (χ0) is 9.26. The molecule has 0 aromatic carbocycles. The van der Waals surface area contributed by atoms with E-state index in [1.807, 2.05) is 0 Å². The lowest BCUT2D eigenvalue weighted by Crippen LogP contribution is -2.51. The smallest absolute Gasteiger partial charge is 0.0984 e. The summed E-state index contributed by atoms with van der Waals surface area (Å²) in [7, 11) is 0. The largest absolute Gasteiger partial charge is 0.301 e. The van der Waals surface area contributed by atoms with Crippen LogP contribution in [-0.4, -0.2) is 16.5 Å². The number of hydrogen-bond donors (Lipinski definition) is 1. The number of alkyl halides is 1. The summed E-state index contributed by atoms with van der Waals surface area (Å²) < 4.78 is 0.743. The highest BCUT2D eigenvalue weighted by atomic mass is 127. The van der Waals surface area contributed by atoms with Gasteiger partial charge in [0.15, 0.2) is 0 Å². The highest BCUT2D eigenvalue weighted by Crippen LogP contribution is 2.39. The van der Waals surface area contributed by atoms with E-state index in [4.69, 9.17) is 5.26 Å². The minimum absolute atomic E-state index is 0.135.